The van der Waals surface area contributed by atoms with E-state index in [-0.39, 0.29) is 91.5 Å². The number of esters is 2. The summed E-state index contributed by atoms with van der Waals surface area (Å²) in [6.07, 6.45) is 6.10. The van der Waals surface area contributed by atoms with Gasteiger partial charge in [0.1, 0.15) is 16.8 Å². The third kappa shape index (κ3) is 23.5. The van der Waals surface area contributed by atoms with Gasteiger partial charge in [-0.05, 0) is 183 Å². The second-order valence-electron chi connectivity index (χ2n) is 27.9. The van der Waals surface area contributed by atoms with E-state index >= 15 is 0 Å². The summed E-state index contributed by atoms with van der Waals surface area (Å²) in [5.74, 6) is -0.310. The Bertz CT molecular complexity index is 3350. The number of hydrogen-bond acceptors (Lipinski definition) is 17. The molecule has 0 saturated carbocycles. The van der Waals surface area contributed by atoms with Crippen LogP contribution in [0.5, 0.6) is 0 Å². The highest BCUT2D eigenvalue weighted by molar-refractivity contribution is 9.08. The Morgan fingerprint density at radius 3 is 1.30 bits per heavy atom. The molecule has 10 rings (SSSR count). The zero-order valence-corrected chi connectivity index (χ0v) is 59.1. The maximum atomic E-state index is 12.8. The van der Waals surface area contributed by atoms with Crippen LogP contribution in [0.3, 0.4) is 0 Å². The first-order valence-electron chi connectivity index (χ1n) is 33.0. The molecule has 4 aromatic rings. The van der Waals surface area contributed by atoms with Crippen molar-refractivity contribution in [3.05, 3.63) is 140 Å². The number of alkyl halides is 1. The highest BCUT2D eigenvalue weighted by Gasteiger charge is 2.48. The first-order valence-corrected chi connectivity index (χ1v) is 34.2. The minimum absolute atomic E-state index is 0. The molecule has 6 aliphatic rings. The van der Waals surface area contributed by atoms with Crippen LogP contribution in [-0.4, -0.2) is 149 Å². The quantitative estimate of drug-likeness (QED) is 0.0461. The van der Waals surface area contributed by atoms with Crippen LogP contribution in [0.1, 0.15) is 165 Å². The van der Waals surface area contributed by atoms with Gasteiger partial charge in [-0.2, -0.15) is 0 Å². The maximum absolute atomic E-state index is 12.8. The van der Waals surface area contributed by atoms with Gasteiger partial charge in [-0.1, -0.05) is 104 Å². The van der Waals surface area contributed by atoms with Crippen molar-refractivity contribution in [1.29, 1.82) is 0 Å². The number of nitro benzene ring substituents is 2. The topological polar surface area (TPSA) is 298 Å². The molecule has 6 aliphatic heterocycles. The minimum atomic E-state index is -0.902. The summed E-state index contributed by atoms with van der Waals surface area (Å²) in [6.45, 7) is 25.5. The smallest absolute Gasteiger partial charge is 0.410 e. The standard InChI is InChI=1S/C20H28N2O6.C18H24N2O3.C13H16N2O.C13H23NO4.C7H6BrNO2.2CH4/c1-5-27-17(23)20(14-15-8-6-7-9-16(15)22(25)26)10-12-21(13-11-20)18(24)28-19(2,3)4;1-17(2,3)23-16(22)20-10-8-18(9-11-20)12-13-6-4-5-7-14(13)19-15(18)21;16-12-13(5-7-14-8-6-13)9-10-3-1-2-4-11(10)15-12;1-5-17-11(15)10-6-8-14(9-7-10)12(16)18-13(2,3)4;8-5-6-3-1-2-4-7(6)9(10)11;;/h6-9H,5,10-14H2,1-4H3;4-7H,8-12H2,1-3H3,(H,19,21);1-4,14H,5-9H2,(H,15,16);10H,5-9H2,1-4H3;1-4H,5H2;2*1H4. The number of carbonyl (C=O) groups is 7. The van der Waals surface area contributed by atoms with Crippen molar-refractivity contribution in [1.82, 2.24) is 20.0 Å². The van der Waals surface area contributed by atoms with E-state index in [9.17, 15) is 53.8 Å². The molecule has 0 aliphatic carbocycles. The number of nitrogens with zero attached hydrogens (tertiary/aromatic N) is 5. The number of amides is 5. The van der Waals surface area contributed by atoms with E-state index in [1.165, 1.54) is 23.3 Å². The number of rotatable bonds is 9. The molecule has 3 N–H and O–H groups in total. The molecule has 0 radical (unpaired) electrons. The van der Waals surface area contributed by atoms with Crippen molar-refractivity contribution >= 4 is 80.7 Å². The number of hydrogen-bond donors (Lipinski definition) is 3. The molecule has 25 heteroatoms. The SMILES string of the molecule is C.C.CC(C)(C)OC(=O)N1CCC2(CC1)Cc1ccccc1NC2=O.CCOC(=O)C1(Cc2ccccc2[N+](=O)[O-])CCN(C(=O)OC(C)(C)C)CC1.CCOC(=O)C1CCN(C(=O)OC(C)(C)C)CC1.O=C1Nc2ccccc2CC12CCNCC2.O=[N+]([O-])c1ccccc1CBr. The van der Waals surface area contributed by atoms with Crippen molar-refractivity contribution in [3.8, 4) is 0 Å². The Balaban J connectivity index is 0.000000266. The van der Waals surface area contributed by atoms with Crippen LogP contribution in [0.15, 0.2) is 97.1 Å². The number of piperidine rings is 4. The zero-order chi connectivity index (χ0) is 70.7. The summed E-state index contributed by atoms with van der Waals surface area (Å²) in [4.78, 5) is 111. The van der Waals surface area contributed by atoms with Gasteiger partial charge in [0.2, 0.25) is 11.8 Å². The monoisotopic (exact) mass is 1430 g/mol. The van der Waals surface area contributed by atoms with Crippen molar-refractivity contribution in [2.24, 2.45) is 22.2 Å². The Labute approximate surface area is 586 Å². The van der Waals surface area contributed by atoms with Crippen LogP contribution in [-0.2, 0) is 67.5 Å². The number of nitrogens with one attached hydrogen (secondary N) is 3. The van der Waals surface area contributed by atoms with Crippen molar-refractivity contribution in [2.75, 3.05) is 76.2 Å². The van der Waals surface area contributed by atoms with Gasteiger partial charge in [0.15, 0.2) is 0 Å². The maximum Gasteiger partial charge on any atom is 0.410 e. The van der Waals surface area contributed by atoms with E-state index < -0.39 is 38.6 Å². The number of nitro groups is 2. The second-order valence-corrected chi connectivity index (χ2v) is 28.5. The summed E-state index contributed by atoms with van der Waals surface area (Å²) in [5, 5.41) is 31.6. The minimum Gasteiger partial charge on any atom is -0.466 e. The largest absolute Gasteiger partial charge is 0.466 e. The molecule has 0 aromatic heterocycles. The van der Waals surface area contributed by atoms with E-state index in [1.54, 1.807) is 85.7 Å². The third-order valence-electron chi connectivity index (χ3n) is 17.4. The van der Waals surface area contributed by atoms with Gasteiger partial charge < -0.3 is 54.3 Å². The van der Waals surface area contributed by atoms with Gasteiger partial charge >= 0.3 is 30.2 Å². The Morgan fingerprint density at radius 1 is 0.531 bits per heavy atom. The van der Waals surface area contributed by atoms with Crippen LogP contribution in [0.25, 0.3) is 0 Å². The van der Waals surface area contributed by atoms with E-state index in [0.29, 0.717) is 101 Å². The molecule has 2 spiro atoms. The molecule has 4 saturated heterocycles. The average molecular weight is 1430 g/mol. The van der Waals surface area contributed by atoms with Crippen molar-refractivity contribution < 1.29 is 67.1 Å². The lowest BCUT2D eigenvalue weighted by Gasteiger charge is -2.43. The number of anilines is 2. The molecular formula is C73H105BrN8O16. The lowest BCUT2D eigenvalue weighted by molar-refractivity contribution is -0.385. The number of fused-ring (bicyclic) bond motifs is 2. The average Bonchev–Trinajstić information content (AvgIpc) is 0.780. The van der Waals surface area contributed by atoms with Crippen LogP contribution >= 0.6 is 15.9 Å². The fraction of sp³-hybridized carbons (Fsp3) is 0.575. The second kappa shape index (κ2) is 36.6. The van der Waals surface area contributed by atoms with Gasteiger partial charge in [0.25, 0.3) is 11.4 Å². The van der Waals surface area contributed by atoms with Crippen molar-refractivity contribution in [3.63, 3.8) is 0 Å². The summed E-state index contributed by atoms with van der Waals surface area (Å²) in [5.41, 5.74) is 2.71. The molecule has 5 amide bonds. The van der Waals surface area contributed by atoms with Gasteiger partial charge in [-0.3, -0.25) is 39.4 Å². The molecular weight excluding hydrogens is 1320 g/mol. The summed E-state index contributed by atoms with van der Waals surface area (Å²) in [6, 6.07) is 29.2. The molecule has 6 heterocycles. The van der Waals surface area contributed by atoms with Crippen LogP contribution in [0, 0.1) is 42.4 Å². The lowest BCUT2D eigenvalue weighted by atomic mass is 9.71. The highest BCUT2D eigenvalue weighted by Crippen LogP contribution is 2.43. The Morgan fingerprint density at radius 2 is 0.898 bits per heavy atom. The molecule has 98 heavy (non-hydrogen) atoms. The molecule has 0 bridgehead atoms. The Hall–Kier alpha value is -8.19. The molecule has 4 fully saturated rings. The fourth-order valence-electron chi connectivity index (χ4n) is 12.2. The first-order chi connectivity index (χ1) is 45.3. The van der Waals surface area contributed by atoms with E-state index in [4.69, 9.17) is 23.7 Å². The van der Waals surface area contributed by atoms with Crippen molar-refractivity contribution in [2.45, 2.75) is 184 Å². The number of likely N-dealkylation sites (tertiary alicyclic amines) is 3. The van der Waals surface area contributed by atoms with E-state index in [0.717, 1.165) is 50.1 Å². The van der Waals surface area contributed by atoms with Gasteiger partial charge in [0, 0.05) is 79.2 Å². The van der Waals surface area contributed by atoms with Gasteiger partial charge in [-0.15, -0.1) is 0 Å². The molecule has 540 valence electrons. The van der Waals surface area contributed by atoms with Gasteiger partial charge in [0.05, 0.1) is 45.2 Å². The van der Waals surface area contributed by atoms with Gasteiger partial charge in [-0.25, -0.2) is 14.4 Å². The van der Waals surface area contributed by atoms with E-state index in [1.807, 2.05) is 77.9 Å². The molecule has 24 nitrogen and oxygen atoms in total. The lowest BCUT2D eigenvalue weighted by Crippen LogP contribution is -2.51. The van der Waals surface area contributed by atoms with Crippen LogP contribution in [0.2, 0.25) is 0 Å². The number of halogens is 1. The number of benzene rings is 4. The predicted octanol–water partition coefficient (Wildman–Crippen LogP) is 14.4. The normalized spacial score (nSPS) is 17.3. The number of para-hydroxylation sites is 4. The summed E-state index contributed by atoms with van der Waals surface area (Å²) in [7, 11) is 0. The zero-order valence-electron chi connectivity index (χ0n) is 57.5. The Kier molecular flexibility index (Phi) is 30.7. The van der Waals surface area contributed by atoms with E-state index in [2.05, 4.69) is 44.0 Å². The molecule has 0 atom stereocenters. The van der Waals surface area contributed by atoms with Crippen LogP contribution in [0.4, 0.5) is 37.1 Å². The predicted molar refractivity (Wildman–Crippen MR) is 381 cm³/mol. The third-order valence-corrected chi connectivity index (χ3v) is 18.0. The molecule has 4 aromatic carbocycles. The van der Waals surface area contributed by atoms with Crippen LogP contribution < -0.4 is 16.0 Å². The number of carbonyl (C=O) groups excluding carboxylic acids is 7. The highest BCUT2D eigenvalue weighted by atomic mass is 79.9. The summed E-state index contributed by atoms with van der Waals surface area (Å²) < 4.78 is 26.4. The first kappa shape index (κ1) is 82.2. The fourth-order valence-corrected chi connectivity index (χ4v) is 12.7. The molecule has 0 unspecified atom stereocenters. The summed E-state index contributed by atoms with van der Waals surface area (Å²) >= 11 is 3.17. The number of ether oxygens (including phenoxy) is 5.